The van der Waals surface area contributed by atoms with Gasteiger partial charge in [0.05, 0.1) is 15.8 Å². The zero-order valence-corrected chi connectivity index (χ0v) is 10.6. The molecule has 0 radical (unpaired) electrons. The molecule has 2 aromatic heterocycles. The third kappa shape index (κ3) is 2.02. The van der Waals surface area contributed by atoms with Gasteiger partial charge in [0.25, 0.3) is 0 Å². The molecular formula is C13H10N4OS. The fourth-order valence-corrected chi connectivity index (χ4v) is 2.87. The number of nitrogen functional groups attached to an aromatic ring is 1. The Morgan fingerprint density at radius 2 is 2.05 bits per heavy atom. The predicted molar refractivity (Wildman–Crippen MR) is 75.8 cm³/mol. The van der Waals surface area contributed by atoms with Gasteiger partial charge < -0.3 is 11.5 Å². The van der Waals surface area contributed by atoms with Crippen LogP contribution in [0.2, 0.25) is 0 Å². The highest BCUT2D eigenvalue weighted by Gasteiger charge is 2.12. The Balaban J connectivity index is 2.19. The first-order valence-corrected chi connectivity index (χ1v) is 6.38. The number of primary amides is 1. The molecule has 5 nitrogen and oxygen atoms in total. The van der Waals surface area contributed by atoms with Gasteiger partial charge in [0.15, 0.2) is 0 Å². The van der Waals surface area contributed by atoms with Gasteiger partial charge in [-0.25, -0.2) is 9.97 Å². The van der Waals surface area contributed by atoms with Gasteiger partial charge in [-0.15, -0.1) is 11.3 Å². The molecule has 0 saturated heterocycles. The van der Waals surface area contributed by atoms with Gasteiger partial charge in [-0.3, -0.25) is 4.79 Å². The number of hydrogen-bond acceptors (Lipinski definition) is 5. The van der Waals surface area contributed by atoms with Crippen molar-refractivity contribution < 1.29 is 4.79 Å². The van der Waals surface area contributed by atoms with Crippen LogP contribution in [0.4, 0.5) is 5.82 Å². The third-order valence-corrected chi connectivity index (χ3v) is 3.87. The Morgan fingerprint density at radius 3 is 2.74 bits per heavy atom. The van der Waals surface area contributed by atoms with Crippen molar-refractivity contribution in [2.24, 2.45) is 5.73 Å². The fourth-order valence-electron chi connectivity index (χ4n) is 1.80. The maximum atomic E-state index is 11.4. The molecule has 1 aromatic carbocycles. The number of thiazole rings is 1. The van der Waals surface area contributed by atoms with Crippen molar-refractivity contribution in [3.05, 3.63) is 42.1 Å². The Morgan fingerprint density at radius 1 is 1.21 bits per heavy atom. The summed E-state index contributed by atoms with van der Waals surface area (Å²) >= 11 is 1.42. The van der Waals surface area contributed by atoms with Crippen LogP contribution in [0.1, 0.15) is 10.4 Å². The molecule has 4 N–H and O–H groups in total. The van der Waals surface area contributed by atoms with E-state index in [0.717, 1.165) is 20.8 Å². The van der Waals surface area contributed by atoms with Crippen LogP contribution >= 0.6 is 11.3 Å². The Bertz CT molecular complexity index is 764. The van der Waals surface area contributed by atoms with E-state index in [-0.39, 0.29) is 0 Å². The lowest BCUT2D eigenvalue weighted by Gasteiger charge is -1.95. The first kappa shape index (κ1) is 11.6. The van der Waals surface area contributed by atoms with Gasteiger partial charge in [-0.05, 0) is 24.3 Å². The number of rotatable bonds is 2. The monoisotopic (exact) mass is 270 g/mol. The van der Waals surface area contributed by atoms with Crippen molar-refractivity contribution in [2.45, 2.75) is 0 Å². The maximum Gasteiger partial charge on any atom is 0.250 e. The number of aromatic nitrogens is 2. The molecule has 0 aliphatic carbocycles. The van der Waals surface area contributed by atoms with Crippen molar-refractivity contribution in [2.75, 3.05) is 5.73 Å². The molecule has 0 aliphatic rings. The second-order valence-electron chi connectivity index (χ2n) is 4.01. The zero-order valence-electron chi connectivity index (χ0n) is 9.83. The third-order valence-electron chi connectivity index (χ3n) is 2.71. The summed E-state index contributed by atoms with van der Waals surface area (Å²) in [4.78, 5) is 19.9. The van der Waals surface area contributed by atoms with Crippen LogP contribution in [-0.4, -0.2) is 15.9 Å². The van der Waals surface area contributed by atoms with E-state index in [1.54, 1.807) is 24.4 Å². The predicted octanol–water partition coefficient (Wildman–Crippen LogP) is 2.04. The number of anilines is 1. The fraction of sp³-hybridized carbons (Fsp3) is 0. The lowest BCUT2D eigenvalue weighted by molar-refractivity contribution is 0.100. The molecule has 19 heavy (non-hydrogen) atoms. The molecular weight excluding hydrogens is 260 g/mol. The summed E-state index contributed by atoms with van der Waals surface area (Å²) in [6.07, 6.45) is 1.66. The van der Waals surface area contributed by atoms with Gasteiger partial charge in [0, 0.05) is 11.8 Å². The number of hydrogen-bond donors (Lipinski definition) is 2. The molecule has 0 bridgehead atoms. The average Bonchev–Trinajstić information content (AvgIpc) is 2.82. The summed E-state index contributed by atoms with van der Waals surface area (Å²) < 4.78 is 0.793. The summed E-state index contributed by atoms with van der Waals surface area (Å²) in [6, 6.07) is 8.90. The van der Waals surface area contributed by atoms with Crippen LogP contribution in [0.25, 0.3) is 20.8 Å². The molecule has 0 fully saturated rings. The minimum absolute atomic E-state index is 0.448. The molecule has 0 spiro atoms. The highest BCUT2D eigenvalue weighted by atomic mass is 32.1. The van der Waals surface area contributed by atoms with E-state index in [4.69, 9.17) is 11.5 Å². The van der Waals surface area contributed by atoms with Crippen molar-refractivity contribution in [3.8, 4) is 10.6 Å². The number of carbonyl (C=O) groups excluding carboxylic acids is 1. The van der Waals surface area contributed by atoms with Crippen molar-refractivity contribution >= 4 is 33.3 Å². The molecule has 0 aliphatic heterocycles. The summed E-state index contributed by atoms with van der Waals surface area (Å²) in [5.74, 6) is 0.0129. The van der Waals surface area contributed by atoms with E-state index in [9.17, 15) is 4.79 Å². The summed E-state index contributed by atoms with van der Waals surface area (Å²) in [5.41, 5.74) is 13.0. The lowest BCUT2D eigenvalue weighted by Crippen LogP contribution is -2.10. The first-order chi connectivity index (χ1) is 9.15. The minimum atomic E-state index is -0.448. The molecule has 6 heteroatoms. The first-order valence-electron chi connectivity index (χ1n) is 5.56. The second kappa shape index (κ2) is 4.33. The molecule has 0 saturated carbocycles. The van der Waals surface area contributed by atoms with E-state index < -0.39 is 5.91 Å². The van der Waals surface area contributed by atoms with Crippen LogP contribution in [0, 0.1) is 0 Å². The summed E-state index contributed by atoms with van der Waals surface area (Å²) in [7, 11) is 0. The molecule has 2 heterocycles. The van der Waals surface area contributed by atoms with Gasteiger partial charge in [0.1, 0.15) is 10.8 Å². The second-order valence-corrected chi connectivity index (χ2v) is 5.01. The van der Waals surface area contributed by atoms with Crippen LogP contribution in [0.15, 0.2) is 36.5 Å². The standard InChI is InChI=1S/C13H10N4OS/c14-10-5-4-7(6-16-10)13-17-9-3-1-2-8(12(15)18)11(9)19-13/h1-6H,(H2,14,16)(H2,15,18). The number of benzene rings is 1. The van der Waals surface area contributed by atoms with Crippen LogP contribution in [0.3, 0.4) is 0 Å². The number of carbonyl (C=O) groups is 1. The molecule has 3 rings (SSSR count). The highest BCUT2D eigenvalue weighted by Crippen LogP contribution is 2.31. The SMILES string of the molecule is NC(=O)c1cccc2nc(-c3ccc(N)nc3)sc12. The van der Waals surface area contributed by atoms with E-state index in [1.165, 1.54) is 11.3 Å². The summed E-state index contributed by atoms with van der Waals surface area (Å²) in [6.45, 7) is 0. The molecule has 0 unspecified atom stereocenters. The highest BCUT2D eigenvalue weighted by molar-refractivity contribution is 7.22. The number of nitrogens with zero attached hydrogens (tertiary/aromatic N) is 2. The van der Waals surface area contributed by atoms with Crippen LogP contribution < -0.4 is 11.5 Å². The van der Waals surface area contributed by atoms with Crippen LogP contribution in [-0.2, 0) is 0 Å². The maximum absolute atomic E-state index is 11.4. The van der Waals surface area contributed by atoms with Crippen molar-refractivity contribution in [1.29, 1.82) is 0 Å². The van der Waals surface area contributed by atoms with Crippen molar-refractivity contribution in [3.63, 3.8) is 0 Å². The molecule has 0 atom stereocenters. The van der Waals surface area contributed by atoms with Crippen LogP contribution in [0.5, 0.6) is 0 Å². The number of amides is 1. The normalized spacial score (nSPS) is 10.7. The quantitative estimate of drug-likeness (QED) is 0.745. The molecule has 1 amide bonds. The molecule has 3 aromatic rings. The van der Waals surface area contributed by atoms with Gasteiger partial charge in [-0.1, -0.05) is 6.07 Å². The van der Waals surface area contributed by atoms with Gasteiger partial charge in [-0.2, -0.15) is 0 Å². The van der Waals surface area contributed by atoms with Crippen molar-refractivity contribution in [1.82, 2.24) is 9.97 Å². The number of pyridine rings is 1. The number of nitrogens with two attached hydrogens (primary N) is 2. The average molecular weight is 270 g/mol. The number of fused-ring (bicyclic) bond motifs is 1. The van der Waals surface area contributed by atoms with E-state index in [1.807, 2.05) is 12.1 Å². The summed E-state index contributed by atoms with van der Waals surface area (Å²) in [5, 5.41) is 0.788. The van der Waals surface area contributed by atoms with E-state index >= 15 is 0 Å². The topological polar surface area (TPSA) is 94.9 Å². The Hall–Kier alpha value is -2.47. The van der Waals surface area contributed by atoms with E-state index in [2.05, 4.69) is 9.97 Å². The van der Waals surface area contributed by atoms with E-state index in [0.29, 0.717) is 11.4 Å². The Kier molecular flexibility index (Phi) is 2.64. The Labute approximate surface area is 112 Å². The molecule has 94 valence electrons. The largest absolute Gasteiger partial charge is 0.384 e. The lowest BCUT2D eigenvalue weighted by atomic mass is 10.2. The zero-order chi connectivity index (χ0) is 13.4. The van der Waals surface area contributed by atoms with Gasteiger partial charge >= 0.3 is 0 Å². The minimum Gasteiger partial charge on any atom is -0.384 e. The van der Waals surface area contributed by atoms with Gasteiger partial charge in [0.2, 0.25) is 5.91 Å². The smallest absolute Gasteiger partial charge is 0.250 e.